The van der Waals surface area contributed by atoms with Crippen LogP contribution in [-0.4, -0.2) is 75.0 Å². The number of carbonyl (C=O) groups is 1. The lowest BCUT2D eigenvalue weighted by Crippen LogP contribution is -2.61. The van der Waals surface area contributed by atoms with Gasteiger partial charge >= 0.3 is 0 Å². The highest BCUT2D eigenvalue weighted by Gasteiger charge is 2.46. The topological polar surface area (TPSA) is 85.3 Å². The van der Waals surface area contributed by atoms with Crippen molar-refractivity contribution in [1.29, 1.82) is 0 Å². The summed E-state index contributed by atoms with van der Waals surface area (Å²) in [5, 5.41) is 18.4. The number of aliphatic hydroxyl groups excluding tert-OH is 1. The van der Waals surface area contributed by atoms with Gasteiger partial charge in [0.25, 0.3) is 0 Å². The molecular formula is C18H25N5O2S. The standard InChI is InChI=1S/C18H25N5O2S/c1-13-19-17(21-20-13)26-12-16(25)23-10-9-18(22(2)3,15(24)11-23)14-7-5-4-6-8-14/h4-8,15,24H,9-12H2,1-3H3,(H,19,20,21)/t15-,18+/m1/s1. The van der Waals surface area contributed by atoms with Crippen LogP contribution in [0.4, 0.5) is 0 Å². The molecule has 0 bridgehead atoms. The van der Waals surface area contributed by atoms with E-state index in [-0.39, 0.29) is 11.7 Å². The third-order valence-electron chi connectivity index (χ3n) is 5.03. The van der Waals surface area contributed by atoms with Crippen LogP contribution >= 0.6 is 11.8 Å². The average Bonchev–Trinajstić information content (AvgIpc) is 3.05. The van der Waals surface area contributed by atoms with E-state index in [0.717, 1.165) is 11.4 Å². The van der Waals surface area contributed by atoms with Crippen LogP contribution in [0.25, 0.3) is 0 Å². The Morgan fingerprint density at radius 1 is 1.42 bits per heavy atom. The van der Waals surface area contributed by atoms with E-state index >= 15 is 0 Å². The van der Waals surface area contributed by atoms with E-state index in [1.165, 1.54) is 11.8 Å². The quantitative estimate of drug-likeness (QED) is 0.765. The average molecular weight is 375 g/mol. The fraction of sp³-hybridized carbons (Fsp3) is 0.500. The van der Waals surface area contributed by atoms with Crippen LogP contribution in [0, 0.1) is 6.92 Å². The van der Waals surface area contributed by atoms with Crippen molar-refractivity contribution >= 4 is 17.7 Å². The maximum Gasteiger partial charge on any atom is 0.233 e. The molecule has 26 heavy (non-hydrogen) atoms. The fourth-order valence-electron chi connectivity index (χ4n) is 3.60. The lowest BCUT2D eigenvalue weighted by Gasteiger charge is -2.49. The Kier molecular flexibility index (Phi) is 5.64. The summed E-state index contributed by atoms with van der Waals surface area (Å²) < 4.78 is 0. The van der Waals surface area contributed by atoms with E-state index in [4.69, 9.17) is 0 Å². The number of hydrogen-bond acceptors (Lipinski definition) is 6. The number of aromatic nitrogens is 3. The van der Waals surface area contributed by atoms with Gasteiger partial charge < -0.3 is 10.0 Å². The predicted octanol–water partition coefficient (Wildman–Crippen LogP) is 1.26. The van der Waals surface area contributed by atoms with Gasteiger partial charge in [-0.05, 0) is 33.0 Å². The van der Waals surface area contributed by atoms with Gasteiger partial charge in [-0.25, -0.2) is 4.98 Å². The Morgan fingerprint density at radius 3 is 2.73 bits per heavy atom. The summed E-state index contributed by atoms with van der Waals surface area (Å²) in [5.74, 6) is 0.994. The van der Waals surface area contributed by atoms with Crippen LogP contribution in [-0.2, 0) is 10.3 Å². The van der Waals surface area contributed by atoms with Crippen molar-refractivity contribution in [3.63, 3.8) is 0 Å². The molecule has 8 heteroatoms. The van der Waals surface area contributed by atoms with E-state index in [0.29, 0.717) is 24.7 Å². The number of likely N-dealkylation sites (N-methyl/N-ethyl adjacent to an activating group) is 1. The molecule has 2 atom stereocenters. The van der Waals surface area contributed by atoms with E-state index in [9.17, 15) is 9.90 Å². The Labute approximate surface area is 157 Å². The summed E-state index contributed by atoms with van der Waals surface area (Å²) in [6.07, 6.45) is 0.0230. The number of nitrogens with zero attached hydrogens (tertiary/aromatic N) is 4. The lowest BCUT2D eigenvalue weighted by molar-refractivity contribution is -0.138. The molecule has 0 radical (unpaired) electrons. The van der Waals surface area contributed by atoms with Crippen LogP contribution in [0.2, 0.25) is 0 Å². The first kappa shape index (κ1) is 18.9. The van der Waals surface area contributed by atoms with Crippen molar-refractivity contribution in [3.8, 4) is 0 Å². The molecule has 0 aliphatic carbocycles. The molecule has 1 amide bonds. The van der Waals surface area contributed by atoms with Gasteiger partial charge in [-0.15, -0.1) is 5.10 Å². The number of aliphatic hydroxyl groups is 1. The van der Waals surface area contributed by atoms with Gasteiger partial charge in [0, 0.05) is 13.1 Å². The molecule has 2 aromatic rings. The highest BCUT2D eigenvalue weighted by atomic mass is 32.2. The first-order valence-corrected chi connectivity index (χ1v) is 9.62. The Hall–Kier alpha value is -1.90. The summed E-state index contributed by atoms with van der Waals surface area (Å²) in [4.78, 5) is 20.6. The molecule has 3 rings (SSSR count). The summed E-state index contributed by atoms with van der Waals surface area (Å²) >= 11 is 1.31. The first-order valence-electron chi connectivity index (χ1n) is 8.64. The molecular weight excluding hydrogens is 350 g/mol. The number of likely N-dealkylation sites (tertiary alicyclic amines) is 1. The van der Waals surface area contributed by atoms with Crippen molar-refractivity contribution in [2.24, 2.45) is 0 Å². The van der Waals surface area contributed by atoms with E-state index < -0.39 is 11.6 Å². The molecule has 0 spiro atoms. The number of aromatic amines is 1. The van der Waals surface area contributed by atoms with Gasteiger partial charge in [-0.1, -0.05) is 42.1 Å². The molecule has 7 nitrogen and oxygen atoms in total. The summed E-state index contributed by atoms with van der Waals surface area (Å²) in [6.45, 7) is 2.75. The lowest BCUT2D eigenvalue weighted by atomic mass is 9.77. The zero-order valence-corrected chi connectivity index (χ0v) is 16.2. The number of nitrogens with one attached hydrogen (secondary N) is 1. The van der Waals surface area contributed by atoms with Gasteiger partial charge in [0.05, 0.1) is 17.4 Å². The first-order chi connectivity index (χ1) is 12.4. The number of rotatable bonds is 5. The predicted molar refractivity (Wildman–Crippen MR) is 101 cm³/mol. The molecule has 1 aromatic carbocycles. The number of H-pyrrole nitrogens is 1. The molecule has 2 heterocycles. The van der Waals surface area contributed by atoms with E-state index in [1.807, 2.05) is 51.4 Å². The van der Waals surface area contributed by atoms with Crippen LogP contribution in [0.5, 0.6) is 0 Å². The van der Waals surface area contributed by atoms with Crippen LogP contribution in [0.15, 0.2) is 35.5 Å². The number of amides is 1. The highest BCUT2D eigenvalue weighted by Crippen LogP contribution is 2.37. The highest BCUT2D eigenvalue weighted by molar-refractivity contribution is 7.99. The number of hydrogen-bond donors (Lipinski definition) is 2. The maximum atomic E-state index is 12.6. The normalized spacial score (nSPS) is 23.4. The minimum Gasteiger partial charge on any atom is -0.389 e. The summed E-state index contributed by atoms with van der Waals surface area (Å²) in [7, 11) is 3.96. The fourth-order valence-corrected chi connectivity index (χ4v) is 4.34. The van der Waals surface area contributed by atoms with Crippen LogP contribution in [0.1, 0.15) is 17.8 Å². The Balaban J connectivity index is 1.67. The summed E-state index contributed by atoms with van der Waals surface area (Å²) in [6, 6.07) is 10.0. The molecule has 140 valence electrons. The Morgan fingerprint density at radius 2 is 2.15 bits per heavy atom. The largest absolute Gasteiger partial charge is 0.389 e. The second-order valence-corrected chi connectivity index (χ2v) is 7.72. The number of benzene rings is 1. The monoisotopic (exact) mass is 375 g/mol. The summed E-state index contributed by atoms with van der Waals surface area (Å²) in [5.41, 5.74) is 0.599. The minimum absolute atomic E-state index is 0.00285. The van der Waals surface area contributed by atoms with E-state index in [2.05, 4.69) is 20.1 Å². The second-order valence-electron chi connectivity index (χ2n) is 6.78. The number of aryl methyl sites for hydroxylation is 1. The molecule has 1 fully saturated rings. The van der Waals surface area contributed by atoms with Crippen molar-refractivity contribution < 1.29 is 9.90 Å². The van der Waals surface area contributed by atoms with Crippen molar-refractivity contribution in [3.05, 3.63) is 41.7 Å². The van der Waals surface area contributed by atoms with Crippen LogP contribution in [0.3, 0.4) is 0 Å². The smallest absolute Gasteiger partial charge is 0.233 e. The number of β-amino-alcohol motifs (C(OH)–C–C–N with tert-alkyl or cyclic N) is 1. The molecule has 1 aromatic heterocycles. The van der Waals surface area contributed by atoms with Crippen LogP contribution < -0.4 is 0 Å². The number of thioether (sulfide) groups is 1. The maximum absolute atomic E-state index is 12.6. The SMILES string of the molecule is Cc1nc(SCC(=O)N2CC[C@@](c3ccccc3)(N(C)C)[C@H](O)C2)n[nH]1. The third-order valence-corrected chi connectivity index (χ3v) is 5.87. The molecule has 1 aliphatic heterocycles. The van der Waals surface area contributed by atoms with Crippen molar-refractivity contribution in [2.45, 2.75) is 30.1 Å². The van der Waals surface area contributed by atoms with Gasteiger partial charge in [0.15, 0.2) is 0 Å². The molecule has 1 saturated heterocycles. The zero-order chi connectivity index (χ0) is 18.7. The van der Waals surface area contributed by atoms with Crippen molar-refractivity contribution in [1.82, 2.24) is 25.0 Å². The number of carbonyl (C=O) groups excluding carboxylic acids is 1. The number of piperidine rings is 1. The van der Waals surface area contributed by atoms with Gasteiger partial charge in [0.2, 0.25) is 11.1 Å². The van der Waals surface area contributed by atoms with E-state index in [1.54, 1.807) is 4.90 Å². The molecule has 0 saturated carbocycles. The second kappa shape index (κ2) is 7.77. The van der Waals surface area contributed by atoms with Gasteiger partial charge in [0.1, 0.15) is 5.82 Å². The zero-order valence-electron chi connectivity index (χ0n) is 15.3. The van der Waals surface area contributed by atoms with Gasteiger partial charge in [-0.3, -0.25) is 14.8 Å². The van der Waals surface area contributed by atoms with Crippen molar-refractivity contribution in [2.75, 3.05) is 32.9 Å². The molecule has 0 unspecified atom stereocenters. The molecule has 1 aliphatic rings. The molecule has 2 N–H and O–H groups in total. The Bertz CT molecular complexity index is 751. The van der Waals surface area contributed by atoms with Gasteiger partial charge in [-0.2, -0.15) is 0 Å². The third kappa shape index (κ3) is 3.62. The minimum atomic E-state index is -0.659.